The average Bonchev–Trinajstić information content (AvgIpc) is 3.35. The molecule has 11 heteroatoms. The van der Waals surface area contributed by atoms with Gasteiger partial charge < -0.3 is 9.64 Å². The molecule has 0 unspecified atom stereocenters. The summed E-state index contributed by atoms with van der Waals surface area (Å²) >= 11 is 1.27. The smallest absolute Gasteiger partial charge is 0.406 e. The fourth-order valence-electron chi connectivity index (χ4n) is 3.57. The maximum Gasteiger partial charge on any atom is 0.573 e. The van der Waals surface area contributed by atoms with Crippen molar-refractivity contribution in [1.82, 2.24) is 15.0 Å². The molecule has 0 saturated heterocycles. The summed E-state index contributed by atoms with van der Waals surface area (Å²) in [5.41, 5.74) is 2.36. The first-order chi connectivity index (χ1) is 17.7. The molecular weight excluding hydrogens is 508 g/mol. The molecule has 0 bridgehead atoms. The number of fused-ring (bicyclic) bond motifs is 1. The van der Waals surface area contributed by atoms with E-state index in [0.717, 1.165) is 0 Å². The van der Waals surface area contributed by atoms with E-state index in [-0.39, 0.29) is 18.0 Å². The number of hydrogen-bond donors (Lipinski definition) is 0. The molecule has 186 valence electrons. The van der Waals surface area contributed by atoms with Gasteiger partial charge in [-0.2, -0.15) is 0 Å². The second-order valence-corrected chi connectivity index (χ2v) is 8.93. The molecule has 0 aliphatic rings. The van der Waals surface area contributed by atoms with Gasteiger partial charge in [-0.15, -0.1) is 24.5 Å². The van der Waals surface area contributed by atoms with E-state index in [0.29, 0.717) is 32.2 Å². The van der Waals surface area contributed by atoms with Gasteiger partial charge in [0, 0.05) is 22.3 Å². The van der Waals surface area contributed by atoms with Crippen molar-refractivity contribution in [2.24, 2.45) is 0 Å². The number of anilines is 1. The average molecular weight is 524 g/mol. The first-order valence-electron chi connectivity index (χ1n) is 10.9. The summed E-state index contributed by atoms with van der Waals surface area (Å²) in [7, 11) is 0. The number of hydrogen-bond acceptors (Lipinski definition) is 6. The predicted molar refractivity (Wildman–Crippen MR) is 131 cm³/mol. The van der Waals surface area contributed by atoms with Crippen LogP contribution in [0.25, 0.3) is 21.6 Å². The molecule has 2 aromatic heterocycles. The van der Waals surface area contributed by atoms with Crippen LogP contribution < -0.4 is 9.64 Å². The van der Waals surface area contributed by atoms with E-state index in [1.807, 2.05) is 6.07 Å². The van der Waals surface area contributed by atoms with Gasteiger partial charge in [-0.05, 0) is 60.7 Å². The van der Waals surface area contributed by atoms with Crippen LogP contribution in [0.3, 0.4) is 0 Å². The van der Waals surface area contributed by atoms with Gasteiger partial charge >= 0.3 is 6.36 Å². The molecule has 37 heavy (non-hydrogen) atoms. The highest BCUT2D eigenvalue weighted by molar-refractivity contribution is 7.15. The number of alkyl halides is 3. The maximum absolute atomic E-state index is 13.6. The second-order valence-electron chi connectivity index (χ2n) is 7.82. The lowest BCUT2D eigenvalue weighted by Crippen LogP contribution is -2.31. The zero-order chi connectivity index (χ0) is 26.0. The number of aromatic nitrogens is 3. The van der Waals surface area contributed by atoms with Crippen molar-refractivity contribution in [3.63, 3.8) is 0 Å². The number of ether oxygens (including phenoxy) is 1. The van der Waals surface area contributed by atoms with Crippen LogP contribution in [0.5, 0.6) is 5.75 Å². The first kappa shape index (κ1) is 24.3. The summed E-state index contributed by atoms with van der Waals surface area (Å²) in [4.78, 5) is 28.7. The third-order valence-corrected chi connectivity index (χ3v) is 6.28. The third kappa shape index (κ3) is 5.72. The van der Waals surface area contributed by atoms with Crippen LogP contribution in [0.4, 0.5) is 23.2 Å². The van der Waals surface area contributed by atoms with Crippen LogP contribution in [0.1, 0.15) is 15.4 Å². The Morgan fingerprint density at radius 1 is 0.892 bits per heavy atom. The Labute approximate surface area is 211 Å². The molecule has 0 fully saturated rings. The molecule has 0 N–H and O–H groups in total. The lowest BCUT2D eigenvalue weighted by molar-refractivity contribution is -0.274. The molecule has 0 radical (unpaired) electrons. The number of rotatable bonds is 6. The minimum atomic E-state index is -4.78. The van der Waals surface area contributed by atoms with Gasteiger partial charge in [-0.25, -0.2) is 14.4 Å². The molecule has 0 spiro atoms. The SMILES string of the molecule is O=C(c1cnc2ccccc2n1)N(Cc1cnc(-c2ccc(OC(F)(F)F)cc2)s1)c1ccc(F)cc1. The summed E-state index contributed by atoms with van der Waals surface area (Å²) < 4.78 is 54.8. The van der Waals surface area contributed by atoms with Crippen molar-refractivity contribution >= 4 is 34.0 Å². The maximum atomic E-state index is 13.6. The minimum Gasteiger partial charge on any atom is -0.406 e. The van der Waals surface area contributed by atoms with Crippen LogP contribution in [0.15, 0.2) is 85.2 Å². The van der Waals surface area contributed by atoms with Crippen LogP contribution in [-0.2, 0) is 6.54 Å². The Morgan fingerprint density at radius 2 is 1.59 bits per heavy atom. The molecule has 0 aliphatic heterocycles. The quantitative estimate of drug-likeness (QED) is 0.233. The first-order valence-corrected chi connectivity index (χ1v) is 11.7. The Kier molecular flexibility index (Phi) is 6.53. The van der Waals surface area contributed by atoms with E-state index in [2.05, 4.69) is 19.7 Å². The van der Waals surface area contributed by atoms with Gasteiger partial charge in [-0.3, -0.25) is 9.78 Å². The molecule has 3 aromatic carbocycles. The van der Waals surface area contributed by atoms with Crippen molar-refractivity contribution in [1.29, 1.82) is 0 Å². The number of carbonyl (C=O) groups is 1. The van der Waals surface area contributed by atoms with Gasteiger partial charge in [0.05, 0.1) is 23.8 Å². The summed E-state index contributed by atoms with van der Waals surface area (Å²) in [6, 6.07) is 18.0. The number of carbonyl (C=O) groups excluding carboxylic acids is 1. The Hall–Kier alpha value is -4.38. The monoisotopic (exact) mass is 524 g/mol. The minimum absolute atomic E-state index is 0.103. The fraction of sp³-hybridized carbons (Fsp3) is 0.0769. The number of amides is 1. The molecule has 5 aromatic rings. The highest BCUT2D eigenvalue weighted by atomic mass is 32.1. The van der Waals surface area contributed by atoms with Crippen molar-refractivity contribution in [3.8, 4) is 16.3 Å². The lowest BCUT2D eigenvalue weighted by Gasteiger charge is -2.22. The Bertz CT molecular complexity index is 1550. The van der Waals surface area contributed by atoms with Gasteiger partial charge in [0.25, 0.3) is 5.91 Å². The normalized spacial score (nSPS) is 11.5. The fourth-order valence-corrected chi connectivity index (χ4v) is 4.48. The number of halogens is 4. The third-order valence-electron chi connectivity index (χ3n) is 5.25. The zero-order valence-electron chi connectivity index (χ0n) is 18.8. The summed E-state index contributed by atoms with van der Waals surface area (Å²) in [5, 5.41) is 0.547. The highest BCUT2D eigenvalue weighted by Gasteiger charge is 2.31. The summed E-state index contributed by atoms with van der Waals surface area (Å²) in [5.74, 6) is -1.22. The number of benzene rings is 3. The number of thiazole rings is 1. The van der Waals surface area contributed by atoms with Crippen molar-refractivity contribution in [3.05, 3.63) is 102 Å². The largest absolute Gasteiger partial charge is 0.573 e. The molecule has 0 aliphatic carbocycles. The van der Waals surface area contributed by atoms with Gasteiger partial charge in [0.2, 0.25) is 0 Å². The van der Waals surface area contributed by atoms with Crippen molar-refractivity contribution in [2.75, 3.05) is 4.90 Å². The number of para-hydroxylation sites is 2. The van der Waals surface area contributed by atoms with Crippen LogP contribution >= 0.6 is 11.3 Å². The molecule has 1 amide bonds. The van der Waals surface area contributed by atoms with Gasteiger partial charge in [-0.1, -0.05) is 12.1 Å². The Morgan fingerprint density at radius 3 is 2.30 bits per heavy atom. The predicted octanol–water partition coefficient (Wildman–Crippen LogP) is 6.64. The van der Waals surface area contributed by atoms with Crippen molar-refractivity contribution in [2.45, 2.75) is 12.9 Å². The Balaban J connectivity index is 1.42. The molecule has 2 heterocycles. The molecular formula is C26H16F4N4O2S. The molecule has 0 atom stereocenters. The van der Waals surface area contributed by atoms with E-state index < -0.39 is 18.1 Å². The van der Waals surface area contributed by atoms with Gasteiger partial charge in [0.1, 0.15) is 22.3 Å². The topological polar surface area (TPSA) is 68.2 Å². The van der Waals surface area contributed by atoms with Crippen LogP contribution in [0.2, 0.25) is 0 Å². The van der Waals surface area contributed by atoms with E-state index in [9.17, 15) is 22.4 Å². The highest BCUT2D eigenvalue weighted by Crippen LogP contribution is 2.30. The standard InChI is InChI=1S/C26H16F4N4O2S/c27-17-7-9-18(10-8-17)34(25(35)23-14-31-21-3-1-2-4-22(21)33-23)15-20-13-32-24(37-20)16-5-11-19(12-6-16)36-26(28,29)30/h1-14H,15H2. The molecule has 5 rings (SSSR count). The van der Waals surface area contributed by atoms with E-state index >= 15 is 0 Å². The second kappa shape index (κ2) is 9.94. The van der Waals surface area contributed by atoms with Crippen LogP contribution in [-0.4, -0.2) is 27.2 Å². The van der Waals surface area contributed by atoms with E-state index in [1.54, 1.807) is 24.4 Å². The molecule has 6 nitrogen and oxygen atoms in total. The van der Waals surface area contributed by atoms with Crippen LogP contribution in [0, 0.1) is 5.82 Å². The lowest BCUT2D eigenvalue weighted by atomic mass is 10.2. The molecule has 0 saturated carbocycles. The van der Waals surface area contributed by atoms with E-state index in [4.69, 9.17) is 0 Å². The summed E-state index contributed by atoms with van der Waals surface area (Å²) in [6.07, 6.45) is -1.80. The zero-order valence-corrected chi connectivity index (χ0v) is 19.6. The van der Waals surface area contributed by atoms with Crippen molar-refractivity contribution < 1.29 is 27.1 Å². The van der Waals surface area contributed by atoms with E-state index in [1.165, 1.54) is 71.0 Å². The number of nitrogens with zero attached hydrogens (tertiary/aromatic N) is 4. The van der Waals surface area contributed by atoms with Gasteiger partial charge in [0.15, 0.2) is 0 Å². The summed E-state index contributed by atoms with van der Waals surface area (Å²) in [6.45, 7) is 0.103.